The number of non-ortho nitro benzene ring substituents is 1. The van der Waals surface area contributed by atoms with Gasteiger partial charge in [0.15, 0.2) is 11.1 Å². The molecule has 7 heteroatoms. The number of nitrogens with zero attached hydrogens (tertiary/aromatic N) is 3. The lowest BCUT2D eigenvalue weighted by Gasteiger charge is -2.26. The van der Waals surface area contributed by atoms with Crippen LogP contribution in [0.2, 0.25) is 0 Å². The van der Waals surface area contributed by atoms with Crippen molar-refractivity contribution in [3.63, 3.8) is 0 Å². The lowest BCUT2D eigenvalue weighted by molar-refractivity contribution is -0.383. The average molecular weight is 290 g/mol. The molecule has 7 nitrogen and oxygen atoms in total. The predicted octanol–water partition coefficient (Wildman–Crippen LogP) is 2.17. The van der Waals surface area contributed by atoms with E-state index in [1.54, 1.807) is 12.1 Å². The second-order valence-electron chi connectivity index (χ2n) is 5.47. The third kappa shape index (κ3) is 2.82. The molecule has 1 aromatic carbocycles. The van der Waals surface area contributed by atoms with E-state index in [9.17, 15) is 10.1 Å². The number of hydrogen-bond acceptors (Lipinski definition) is 6. The molecule has 21 heavy (non-hydrogen) atoms. The molecular weight excluding hydrogens is 272 g/mol. The summed E-state index contributed by atoms with van der Waals surface area (Å²) in [5.74, 6) is 0.550. The number of para-hydroxylation sites is 1. The van der Waals surface area contributed by atoms with Crippen LogP contribution in [0.25, 0.3) is 11.1 Å². The normalized spacial score (nSPS) is 18.8. The lowest BCUT2D eigenvalue weighted by atomic mass is 9.99. The van der Waals surface area contributed by atoms with Crippen molar-refractivity contribution in [3.05, 3.63) is 28.3 Å². The minimum absolute atomic E-state index is 0.0183. The van der Waals surface area contributed by atoms with Crippen LogP contribution in [-0.2, 0) is 0 Å². The van der Waals surface area contributed by atoms with E-state index in [1.165, 1.54) is 18.9 Å². The van der Waals surface area contributed by atoms with Crippen LogP contribution in [0.15, 0.2) is 22.6 Å². The zero-order valence-electron chi connectivity index (χ0n) is 11.9. The van der Waals surface area contributed by atoms with Gasteiger partial charge in [0.25, 0.3) is 11.7 Å². The molecule has 0 saturated carbocycles. The molecule has 1 aliphatic rings. The zero-order chi connectivity index (χ0) is 14.8. The summed E-state index contributed by atoms with van der Waals surface area (Å²) in [5.41, 5.74) is 0.745. The number of hydrogen-bond donors (Lipinski definition) is 1. The Morgan fingerprint density at radius 2 is 2.43 bits per heavy atom. The van der Waals surface area contributed by atoms with Gasteiger partial charge in [-0.15, -0.1) is 0 Å². The molecule has 1 saturated heterocycles. The molecule has 3 rings (SSSR count). The number of aromatic nitrogens is 1. The molecule has 0 radical (unpaired) electrons. The van der Waals surface area contributed by atoms with E-state index < -0.39 is 4.92 Å². The SMILES string of the molecule is CN(CC1CCCNC1)c1nc2c([N+](=O)[O-])cccc2o1. The van der Waals surface area contributed by atoms with E-state index in [0.717, 1.165) is 19.6 Å². The quantitative estimate of drug-likeness (QED) is 0.686. The highest BCUT2D eigenvalue weighted by atomic mass is 16.6. The standard InChI is InChI=1S/C14H18N4O3/c1-17(9-10-4-3-7-15-8-10)14-16-13-11(18(19)20)5-2-6-12(13)21-14/h2,5-6,10,15H,3-4,7-9H2,1H3. The number of fused-ring (bicyclic) bond motifs is 1. The van der Waals surface area contributed by atoms with Crippen molar-refractivity contribution in [1.29, 1.82) is 0 Å². The summed E-state index contributed by atoms with van der Waals surface area (Å²) >= 11 is 0. The molecule has 1 atom stereocenters. The van der Waals surface area contributed by atoms with Gasteiger partial charge in [0, 0.05) is 19.7 Å². The summed E-state index contributed by atoms with van der Waals surface area (Å²) in [4.78, 5) is 16.8. The van der Waals surface area contributed by atoms with Gasteiger partial charge in [-0.3, -0.25) is 10.1 Å². The maximum atomic E-state index is 11.0. The molecule has 1 N–H and O–H groups in total. The number of oxazole rings is 1. The average Bonchev–Trinajstić information content (AvgIpc) is 2.92. The summed E-state index contributed by atoms with van der Waals surface area (Å²) < 4.78 is 5.65. The van der Waals surface area contributed by atoms with E-state index >= 15 is 0 Å². The molecule has 1 fully saturated rings. The van der Waals surface area contributed by atoms with Crippen LogP contribution in [0.3, 0.4) is 0 Å². The van der Waals surface area contributed by atoms with E-state index in [1.807, 2.05) is 11.9 Å². The molecule has 2 aromatic rings. The van der Waals surface area contributed by atoms with Crippen LogP contribution < -0.4 is 10.2 Å². The highest BCUT2D eigenvalue weighted by Crippen LogP contribution is 2.29. The van der Waals surface area contributed by atoms with Crippen molar-refractivity contribution in [3.8, 4) is 0 Å². The summed E-state index contributed by atoms with van der Waals surface area (Å²) in [6.45, 7) is 2.90. The maximum absolute atomic E-state index is 11.0. The molecular formula is C14H18N4O3. The van der Waals surface area contributed by atoms with Crippen molar-refractivity contribution in [2.45, 2.75) is 12.8 Å². The van der Waals surface area contributed by atoms with Gasteiger partial charge in [0.05, 0.1) is 4.92 Å². The third-order valence-corrected chi connectivity index (χ3v) is 3.84. The van der Waals surface area contributed by atoms with Crippen LogP contribution in [0.1, 0.15) is 12.8 Å². The molecule has 0 spiro atoms. The van der Waals surface area contributed by atoms with Crippen molar-refractivity contribution in [2.75, 3.05) is 31.6 Å². The Labute approximate surface area is 122 Å². The van der Waals surface area contributed by atoms with E-state index in [-0.39, 0.29) is 5.69 Å². The van der Waals surface area contributed by atoms with Gasteiger partial charge >= 0.3 is 0 Å². The highest BCUT2D eigenvalue weighted by Gasteiger charge is 2.21. The van der Waals surface area contributed by atoms with Crippen molar-refractivity contribution in [1.82, 2.24) is 10.3 Å². The van der Waals surface area contributed by atoms with Crippen molar-refractivity contribution in [2.24, 2.45) is 5.92 Å². The minimum Gasteiger partial charge on any atom is -0.423 e. The first-order valence-electron chi connectivity index (χ1n) is 7.11. The monoisotopic (exact) mass is 290 g/mol. The summed E-state index contributed by atoms with van der Waals surface area (Å²) in [7, 11) is 1.91. The van der Waals surface area contributed by atoms with Crippen LogP contribution in [-0.4, -0.2) is 36.6 Å². The van der Waals surface area contributed by atoms with E-state index in [0.29, 0.717) is 23.0 Å². The smallest absolute Gasteiger partial charge is 0.298 e. The van der Waals surface area contributed by atoms with Crippen LogP contribution in [0, 0.1) is 16.0 Å². The Hall–Kier alpha value is -2.15. The fourth-order valence-electron chi connectivity index (χ4n) is 2.78. The lowest BCUT2D eigenvalue weighted by Crippen LogP contribution is -2.36. The molecule has 0 bridgehead atoms. The Morgan fingerprint density at radius 1 is 1.57 bits per heavy atom. The maximum Gasteiger partial charge on any atom is 0.298 e. The molecule has 112 valence electrons. The van der Waals surface area contributed by atoms with Crippen molar-refractivity contribution < 1.29 is 9.34 Å². The number of nitrogens with one attached hydrogen (secondary N) is 1. The second kappa shape index (κ2) is 5.69. The predicted molar refractivity (Wildman–Crippen MR) is 79.5 cm³/mol. The number of anilines is 1. The van der Waals surface area contributed by atoms with Gasteiger partial charge in [0.2, 0.25) is 0 Å². The largest absolute Gasteiger partial charge is 0.423 e. The zero-order valence-corrected chi connectivity index (χ0v) is 11.9. The fraction of sp³-hybridized carbons (Fsp3) is 0.500. The first kappa shape index (κ1) is 13.8. The minimum atomic E-state index is -0.431. The van der Waals surface area contributed by atoms with Crippen molar-refractivity contribution >= 4 is 22.8 Å². The topological polar surface area (TPSA) is 84.4 Å². The molecule has 2 heterocycles. The summed E-state index contributed by atoms with van der Waals surface area (Å²) in [6, 6.07) is 5.19. The molecule has 1 aliphatic heterocycles. The van der Waals surface area contributed by atoms with Gasteiger partial charge in [-0.25, -0.2) is 0 Å². The number of nitro benzene ring substituents is 1. The highest BCUT2D eigenvalue weighted by molar-refractivity contribution is 5.84. The Balaban J connectivity index is 1.83. The van der Waals surface area contributed by atoms with E-state index in [4.69, 9.17) is 4.42 Å². The molecule has 1 aromatic heterocycles. The number of benzene rings is 1. The molecule has 1 unspecified atom stereocenters. The Bertz CT molecular complexity index is 649. The van der Waals surface area contributed by atoms with Gasteiger partial charge in [-0.1, -0.05) is 6.07 Å². The van der Waals surface area contributed by atoms with E-state index in [2.05, 4.69) is 10.3 Å². The van der Waals surface area contributed by atoms with Gasteiger partial charge in [-0.05, 0) is 37.9 Å². The number of nitro groups is 1. The fourth-order valence-corrected chi connectivity index (χ4v) is 2.78. The summed E-state index contributed by atoms with van der Waals surface area (Å²) in [6.07, 6.45) is 2.36. The summed E-state index contributed by atoms with van der Waals surface area (Å²) in [5, 5.41) is 14.4. The van der Waals surface area contributed by atoms with Crippen LogP contribution in [0.4, 0.5) is 11.7 Å². The van der Waals surface area contributed by atoms with Gasteiger partial charge < -0.3 is 14.6 Å². The third-order valence-electron chi connectivity index (χ3n) is 3.84. The first-order chi connectivity index (χ1) is 10.1. The Morgan fingerprint density at radius 3 is 3.14 bits per heavy atom. The number of rotatable bonds is 4. The Kier molecular flexibility index (Phi) is 3.74. The van der Waals surface area contributed by atoms with Gasteiger partial charge in [0.1, 0.15) is 0 Å². The molecule has 0 amide bonds. The number of piperidine rings is 1. The van der Waals surface area contributed by atoms with Gasteiger partial charge in [-0.2, -0.15) is 4.98 Å². The molecule has 0 aliphatic carbocycles. The van der Waals surface area contributed by atoms with Crippen LogP contribution in [0.5, 0.6) is 0 Å². The second-order valence-corrected chi connectivity index (χ2v) is 5.47. The van der Waals surface area contributed by atoms with Crippen LogP contribution >= 0.6 is 0 Å². The first-order valence-corrected chi connectivity index (χ1v) is 7.11.